The van der Waals surface area contributed by atoms with Crippen LogP contribution in [0.1, 0.15) is 17.3 Å². The molecule has 0 spiro atoms. The molecule has 0 aliphatic carbocycles. The quantitative estimate of drug-likeness (QED) is 0.224. The Morgan fingerprint density at radius 2 is 1.03 bits per heavy atom. The molecule has 0 saturated heterocycles. The van der Waals surface area contributed by atoms with Crippen LogP contribution in [0.4, 0.5) is 13.2 Å². The molecule has 0 fully saturated rings. The minimum Gasteiger partial charge on any atom is -0.423 e. The maximum absolute atomic E-state index is 12.5. The molecule has 0 N–H and O–H groups in total. The van der Waals surface area contributed by atoms with Crippen molar-refractivity contribution in [3.8, 4) is 28.4 Å². The molecule has 9 heteroatoms. The molecule has 0 aliphatic rings. The van der Waals surface area contributed by atoms with Gasteiger partial charge in [-0.25, -0.2) is 14.4 Å². The lowest BCUT2D eigenvalue weighted by atomic mass is 10.1. The highest BCUT2D eigenvalue weighted by Crippen LogP contribution is 2.28. The van der Waals surface area contributed by atoms with Crippen molar-refractivity contribution >= 4 is 17.9 Å². The second kappa shape index (κ2) is 10.7. The van der Waals surface area contributed by atoms with Crippen molar-refractivity contribution in [3.63, 3.8) is 0 Å². The molecular weight excluding hydrogens is 477 g/mol. The van der Waals surface area contributed by atoms with Gasteiger partial charge in [0.1, 0.15) is 22.8 Å². The molecule has 0 atom stereocenters. The third kappa shape index (κ3) is 6.69. The molecule has 3 aromatic carbocycles. The van der Waals surface area contributed by atoms with Gasteiger partial charge in [-0.2, -0.15) is 13.2 Å². The summed E-state index contributed by atoms with van der Waals surface area (Å²) in [4.78, 5) is 35.4. The predicted molar refractivity (Wildman–Crippen MR) is 125 cm³/mol. The SMILES string of the molecule is C=C(C)C(=O)Oc1ccc(C(=O)Oc2ccc(-c3ccc(OC(=O)C(=C)C(F)(F)F)cc3)cc2)cc1. The fourth-order valence-electron chi connectivity index (χ4n) is 2.73. The molecule has 0 heterocycles. The van der Waals surface area contributed by atoms with Crippen LogP contribution in [0.15, 0.2) is 97.1 Å². The minimum absolute atomic E-state index is 0.0693. The van der Waals surface area contributed by atoms with Crippen LogP contribution in [0.5, 0.6) is 17.2 Å². The minimum atomic E-state index is -4.87. The van der Waals surface area contributed by atoms with Gasteiger partial charge in [0.15, 0.2) is 0 Å². The molecule has 0 aliphatic heterocycles. The first-order valence-electron chi connectivity index (χ1n) is 10.3. The summed E-state index contributed by atoms with van der Waals surface area (Å²) in [5, 5.41) is 0. The highest BCUT2D eigenvalue weighted by atomic mass is 19.4. The first-order valence-corrected chi connectivity index (χ1v) is 10.3. The Hall–Kier alpha value is -4.66. The first-order chi connectivity index (χ1) is 16.9. The number of benzene rings is 3. The van der Waals surface area contributed by atoms with Gasteiger partial charge in [0.25, 0.3) is 0 Å². The van der Waals surface area contributed by atoms with Gasteiger partial charge in [-0.15, -0.1) is 0 Å². The van der Waals surface area contributed by atoms with Crippen molar-refractivity contribution in [1.82, 2.24) is 0 Å². The van der Waals surface area contributed by atoms with E-state index in [0.717, 1.165) is 5.56 Å². The van der Waals surface area contributed by atoms with Gasteiger partial charge in [-0.05, 0) is 66.6 Å². The maximum Gasteiger partial charge on any atom is 0.422 e. The van der Waals surface area contributed by atoms with Crippen LogP contribution in [0.25, 0.3) is 11.1 Å². The largest absolute Gasteiger partial charge is 0.423 e. The Morgan fingerprint density at radius 3 is 1.44 bits per heavy atom. The highest BCUT2D eigenvalue weighted by molar-refractivity contribution is 5.92. The first kappa shape index (κ1) is 26.0. The van der Waals surface area contributed by atoms with Gasteiger partial charge in [0, 0.05) is 5.57 Å². The molecule has 3 aromatic rings. The van der Waals surface area contributed by atoms with Crippen molar-refractivity contribution in [2.75, 3.05) is 0 Å². The standard InChI is InChI=1S/C27H19F3O6/c1-16(2)24(31)34-21-14-8-20(9-15-21)26(33)36-23-12-6-19(7-13-23)18-4-10-22(11-5-18)35-25(32)17(3)27(28,29)30/h4-15H,1,3H2,2H3. The van der Waals surface area contributed by atoms with E-state index in [-0.39, 0.29) is 28.4 Å². The van der Waals surface area contributed by atoms with Crippen molar-refractivity contribution in [2.45, 2.75) is 13.1 Å². The third-order valence-electron chi connectivity index (χ3n) is 4.70. The zero-order valence-electron chi connectivity index (χ0n) is 18.9. The summed E-state index contributed by atoms with van der Waals surface area (Å²) in [6, 6.07) is 18.1. The molecule has 0 bridgehead atoms. The summed E-state index contributed by atoms with van der Waals surface area (Å²) in [6.07, 6.45) is -4.87. The normalized spacial score (nSPS) is 10.8. The van der Waals surface area contributed by atoms with Gasteiger partial charge in [0.05, 0.1) is 5.56 Å². The second-order valence-electron chi connectivity index (χ2n) is 7.50. The van der Waals surface area contributed by atoms with E-state index in [4.69, 9.17) is 14.2 Å². The molecular formula is C27H19F3O6. The molecule has 6 nitrogen and oxygen atoms in total. The van der Waals surface area contributed by atoms with Crippen LogP contribution in [0.2, 0.25) is 0 Å². The van der Waals surface area contributed by atoms with Gasteiger partial charge < -0.3 is 14.2 Å². The lowest BCUT2D eigenvalue weighted by Gasteiger charge is -2.10. The average molecular weight is 496 g/mol. The molecule has 0 unspecified atom stereocenters. The summed E-state index contributed by atoms with van der Waals surface area (Å²) in [5.41, 5.74) is 0.290. The monoisotopic (exact) mass is 496 g/mol. The number of esters is 3. The smallest absolute Gasteiger partial charge is 0.422 e. The zero-order valence-corrected chi connectivity index (χ0v) is 18.9. The summed E-state index contributed by atoms with van der Waals surface area (Å²) in [7, 11) is 0. The van der Waals surface area contributed by atoms with E-state index >= 15 is 0 Å². The van der Waals surface area contributed by atoms with Crippen LogP contribution in [0, 0.1) is 0 Å². The van der Waals surface area contributed by atoms with Crippen LogP contribution < -0.4 is 14.2 Å². The van der Waals surface area contributed by atoms with Crippen molar-refractivity contribution in [1.29, 1.82) is 0 Å². The Morgan fingerprint density at radius 1 is 0.639 bits per heavy atom. The second-order valence-corrected chi connectivity index (χ2v) is 7.50. The van der Waals surface area contributed by atoms with E-state index in [1.807, 2.05) is 0 Å². The molecule has 184 valence electrons. The number of alkyl halides is 3. The number of hydrogen-bond donors (Lipinski definition) is 0. The molecule has 36 heavy (non-hydrogen) atoms. The van der Waals surface area contributed by atoms with Gasteiger partial charge in [-0.1, -0.05) is 37.4 Å². The van der Waals surface area contributed by atoms with Crippen LogP contribution in [-0.4, -0.2) is 24.1 Å². The van der Waals surface area contributed by atoms with Crippen LogP contribution >= 0.6 is 0 Å². The zero-order chi connectivity index (χ0) is 26.5. The summed E-state index contributed by atoms with van der Waals surface area (Å²) in [5.74, 6) is -2.31. The summed E-state index contributed by atoms with van der Waals surface area (Å²) >= 11 is 0. The molecule has 0 amide bonds. The fraction of sp³-hybridized carbons (Fsp3) is 0.0741. The fourth-order valence-corrected chi connectivity index (χ4v) is 2.73. The molecule has 0 aromatic heterocycles. The number of ether oxygens (including phenoxy) is 3. The topological polar surface area (TPSA) is 78.9 Å². The molecule has 0 radical (unpaired) electrons. The van der Waals surface area contributed by atoms with E-state index in [2.05, 4.69) is 13.2 Å². The average Bonchev–Trinajstić information content (AvgIpc) is 2.84. The summed E-state index contributed by atoms with van der Waals surface area (Å²) in [6.45, 7) is 7.71. The summed E-state index contributed by atoms with van der Waals surface area (Å²) < 4.78 is 52.7. The lowest BCUT2D eigenvalue weighted by molar-refractivity contribution is -0.142. The van der Waals surface area contributed by atoms with Crippen molar-refractivity contribution in [2.24, 2.45) is 0 Å². The van der Waals surface area contributed by atoms with Gasteiger partial charge in [0.2, 0.25) is 0 Å². The van der Waals surface area contributed by atoms with Gasteiger partial charge >= 0.3 is 24.1 Å². The Bertz CT molecular complexity index is 1310. The van der Waals surface area contributed by atoms with Crippen molar-refractivity contribution in [3.05, 3.63) is 103 Å². The molecule has 3 rings (SSSR count). The Labute approximate surface area is 204 Å². The van der Waals surface area contributed by atoms with E-state index in [0.29, 0.717) is 5.56 Å². The van der Waals surface area contributed by atoms with E-state index in [1.165, 1.54) is 43.3 Å². The number of hydrogen-bond acceptors (Lipinski definition) is 6. The maximum atomic E-state index is 12.5. The van der Waals surface area contributed by atoms with E-state index in [9.17, 15) is 27.6 Å². The predicted octanol–water partition coefficient (Wildman–Crippen LogP) is 6.08. The number of halogens is 3. The number of carbonyl (C=O) groups is 3. The van der Waals surface area contributed by atoms with E-state index in [1.54, 1.807) is 36.4 Å². The van der Waals surface area contributed by atoms with Gasteiger partial charge in [-0.3, -0.25) is 0 Å². The Kier molecular flexibility index (Phi) is 7.73. The highest BCUT2D eigenvalue weighted by Gasteiger charge is 2.38. The van der Waals surface area contributed by atoms with Crippen LogP contribution in [-0.2, 0) is 9.59 Å². The lowest BCUT2D eigenvalue weighted by Crippen LogP contribution is -2.23. The van der Waals surface area contributed by atoms with Crippen molar-refractivity contribution < 1.29 is 41.8 Å². The number of rotatable bonds is 7. The van der Waals surface area contributed by atoms with E-state index < -0.39 is 29.7 Å². The number of carbonyl (C=O) groups excluding carboxylic acids is 3. The third-order valence-corrected chi connectivity index (χ3v) is 4.70. The Balaban J connectivity index is 1.60. The molecule has 0 saturated carbocycles. The van der Waals surface area contributed by atoms with Crippen LogP contribution in [0.3, 0.4) is 0 Å².